The summed E-state index contributed by atoms with van der Waals surface area (Å²) in [5.74, 6) is -3.03. The van der Waals surface area contributed by atoms with E-state index in [0.29, 0.717) is 6.54 Å². The van der Waals surface area contributed by atoms with E-state index in [-0.39, 0.29) is 18.2 Å². The molecule has 0 spiro atoms. The molecule has 21 heavy (non-hydrogen) atoms. The molecular weight excluding hydrogens is 290 g/mol. The van der Waals surface area contributed by atoms with Crippen LogP contribution in [0, 0.1) is 11.8 Å². The van der Waals surface area contributed by atoms with Crippen LogP contribution in [0.4, 0.5) is 17.6 Å². The first-order chi connectivity index (χ1) is 9.60. The molecule has 0 amide bonds. The first-order valence-electron chi connectivity index (χ1n) is 6.66. The Balaban J connectivity index is 2.80. The summed E-state index contributed by atoms with van der Waals surface area (Å²) in [6.45, 7) is 5.49. The third kappa shape index (κ3) is 5.87. The quantitative estimate of drug-likeness (QED) is 0.763. The van der Waals surface area contributed by atoms with Crippen LogP contribution in [-0.4, -0.2) is 24.7 Å². The maximum atomic E-state index is 13.4. The number of rotatable bonds is 6. The summed E-state index contributed by atoms with van der Waals surface area (Å²) in [4.78, 5) is 11.7. The van der Waals surface area contributed by atoms with Gasteiger partial charge in [0.25, 0.3) is 0 Å². The molecule has 0 fully saturated rings. The van der Waals surface area contributed by atoms with Crippen molar-refractivity contribution < 1.29 is 27.1 Å². The minimum Gasteiger partial charge on any atom is -0.407 e. The summed E-state index contributed by atoms with van der Waals surface area (Å²) in [6.07, 6.45) is -2.87. The van der Waals surface area contributed by atoms with E-state index in [4.69, 9.17) is 0 Å². The molecule has 0 aromatic heterocycles. The molecule has 1 N–H and O–H groups in total. The van der Waals surface area contributed by atoms with E-state index in [2.05, 4.69) is 10.1 Å². The number of nitrogens with one attached hydrogen (secondary N) is 1. The average Bonchev–Trinajstić information content (AvgIpc) is 2.30. The highest BCUT2D eigenvalue weighted by atomic mass is 19.4. The van der Waals surface area contributed by atoms with Crippen molar-refractivity contribution in [3.63, 3.8) is 0 Å². The molecule has 0 aromatic rings. The molecule has 2 atom stereocenters. The number of hydrogen-bond donors (Lipinski definition) is 1. The third-order valence-corrected chi connectivity index (χ3v) is 3.20. The number of ether oxygens (including phenoxy) is 1. The Labute approximate surface area is 121 Å². The fourth-order valence-corrected chi connectivity index (χ4v) is 2.15. The lowest BCUT2D eigenvalue weighted by molar-refractivity contribution is -0.307. The summed E-state index contributed by atoms with van der Waals surface area (Å²) in [7, 11) is 0. The summed E-state index contributed by atoms with van der Waals surface area (Å²) in [6, 6.07) is 0.137. The van der Waals surface area contributed by atoms with Crippen molar-refractivity contribution in [2.75, 3.05) is 6.54 Å². The summed E-state index contributed by atoms with van der Waals surface area (Å²) >= 11 is 0. The smallest absolute Gasteiger partial charge is 0.407 e. The normalized spacial score (nSPS) is 20.9. The number of hydrogen-bond acceptors (Lipinski definition) is 3. The molecule has 3 nitrogen and oxygen atoms in total. The SMILES string of the molecule is CC(=O)[C@H](CNC(C)C)C1C=CC(F)=C(OC(F)(F)F)C1. The molecule has 1 rings (SSSR count). The fraction of sp³-hybridized carbons (Fsp3) is 0.643. The van der Waals surface area contributed by atoms with Gasteiger partial charge in [0, 0.05) is 24.9 Å². The predicted octanol–water partition coefficient (Wildman–Crippen LogP) is 3.48. The van der Waals surface area contributed by atoms with Gasteiger partial charge in [0.05, 0.1) is 0 Å². The molecule has 0 aromatic carbocycles. The second-order valence-corrected chi connectivity index (χ2v) is 5.33. The largest absolute Gasteiger partial charge is 0.572 e. The monoisotopic (exact) mass is 309 g/mol. The zero-order valence-corrected chi connectivity index (χ0v) is 12.1. The van der Waals surface area contributed by atoms with Gasteiger partial charge >= 0.3 is 6.36 Å². The van der Waals surface area contributed by atoms with Crippen LogP contribution in [0.25, 0.3) is 0 Å². The van der Waals surface area contributed by atoms with Crippen LogP contribution in [0.3, 0.4) is 0 Å². The van der Waals surface area contributed by atoms with E-state index < -0.39 is 29.8 Å². The number of allylic oxidation sites excluding steroid dienone is 4. The lowest BCUT2D eigenvalue weighted by atomic mass is 9.83. The Hall–Kier alpha value is -1.37. The maximum absolute atomic E-state index is 13.4. The van der Waals surface area contributed by atoms with E-state index in [9.17, 15) is 22.4 Å². The summed E-state index contributed by atoms with van der Waals surface area (Å²) < 4.78 is 53.8. The highest BCUT2D eigenvalue weighted by Crippen LogP contribution is 2.34. The molecule has 0 aliphatic heterocycles. The molecule has 1 aliphatic carbocycles. The van der Waals surface area contributed by atoms with Crippen LogP contribution in [0.2, 0.25) is 0 Å². The molecule has 7 heteroatoms. The summed E-state index contributed by atoms with van der Waals surface area (Å²) in [5, 5.41) is 3.07. The van der Waals surface area contributed by atoms with Crippen LogP contribution < -0.4 is 5.32 Å². The Morgan fingerprint density at radius 3 is 2.57 bits per heavy atom. The van der Waals surface area contributed by atoms with Gasteiger partial charge in [-0.25, -0.2) is 4.39 Å². The van der Waals surface area contributed by atoms with Gasteiger partial charge in [-0.2, -0.15) is 0 Å². The average molecular weight is 309 g/mol. The number of halogens is 4. The van der Waals surface area contributed by atoms with Crippen molar-refractivity contribution in [1.29, 1.82) is 0 Å². The van der Waals surface area contributed by atoms with E-state index in [0.717, 1.165) is 6.08 Å². The Morgan fingerprint density at radius 1 is 1.48 bits per heavy atom. The van der Waals surface area contributed by atoms with Crippen LogP contribution in [0.5, 0.6) is 0 Å². The van der Waals surface area contributed by atoms with Gasteiger partial charge in [-0.15, -0.1) is 13.2 Å². The second kappa shape index (κ2) is 7.06. The zero-order valence-electron chi connectivity index (χ0n) is 12.1. The van der Waals surface area contributed by atoms with Crippen molar-refractivity contribution in [1.82, 2.24) is 5.32 Å². The van der Waals surface area contributed by atoms with Crippen molar-refractivity contribution in [2.24, 2.45) is 11.8 Å². The number of alkyl halides is 3. The van der Waals surface area contributed by atoms with Gasteiger partial charge in [-0.3, -0.25) is 4.79 Å². The first kappa shape index (κ1) is 17.7. The minimum absolute atomic E-state index is 0.137. The maximum Gasteiger partial charge on any atom is 0.572 e. The number of Topliss-reactive ketones (excluding diaryl/α,β-unsaturated/α-hetero) is 1. The van der Waals surface area contributed by atoms with Crippen molar-refractivity contribution >= 4 is 5.78 Å². The van der Waals surface area contributed by atoms with Crippen LogP contribution in [0.15, 0.2) is 23.7 Å². The molecular formula is C14H19F4NO2. The molecule has 0 heterocycles. The van der Waals surface area contributed by atoms with Crippen LogP contribution >= 0.6 is 0 Å². The Kier molecular flexibility index (Phi) is 5.95. The van der Waals surface area contributed by atoms with E-state index in [1.54, 1.807) is 0 Å². The lowest BCUT2D eigenvalue weighted by Crippen LogP contribution is -2.36. The third-order valence-electron chi connectivity index (χ3n) is 3.20. The van der Waals surface area contributed by atoms with Crippen LogP contribution in [-0.2, 0) is 9.53 Å². The zero-order chi connectivity index (χ0) is 16.2. The van der Waals surface area contributed by atoms with E-state index >= 15 is 0 Å². The molecule has 0 bridgehead atoms. The molecule has 0 saturated carbocycles. The summed E-state index contributed by atoms with van der Waals surface area (Å²) in [5.41, 5.74) is 0. The van der Waals surface area contributed by atoms with Gasteiger partial charge in [-0.1, -0.05) is 19.9 Å². The molecule has 0 saturated heterocycles. The Bertz CT molecular complexity index is 441. The first-order valence-corrected chi connectivity index (χ1v) is 6.66. The molecule has 1 aliphatic rings. The highest BCUT2D eigenvalue weighted by Gasteiger charge is 2.36. The van der Waals surface area contributed by atoms with Crippen molar-refractivity contribution in [3.8, 4) is 0 Å². The van der Waals surface area contributed by atoms with Gasteiger partial charge in [0.15, 0.2) is 5.83 Å². The van der Waals surface area contributed by atoms with Gasteiger partial charge in [0.1, 0.15) is 11.5 Å². The topological polar surface area (TPSA) is 38.3 Å². The van der Waals surface area contributed by atoms with Gasteiger partial charge < -0.3 is 10.1 Å². The van der Waals surface area contributed by atoms with Gasteiger partial charge in [-0.05, 0) is 18.9 Å². The molecule has 1 unspecified atom stereocenters. The van der Waals surface area contributed by atoms with E-state index in [1.807, 2.05) is 13.8 Å². The number of carbonyl (C=O) groups excluding carboxylic acids is 1. The second-order valence-electron chi connectivity index (χ2n) is 5.33. The number of ketones is 1. The lowest BCUT2D eigenvalue weighted by Gasteiger charge is -2.27. The van der Waals surface area contributed by atoms with Crippen molar-refractivity contribution in [2.45, 2.75) is 39.6 Å². The van der Waals surface area contributed by atoms with Gasteiger partial charge in [0.2, 0.25) is 0 Å². The van der Waals surface area contributed by atoms with Crippen LogP contribution in [0.1, 0.15) is 27.2 Å². The standard InChI is InChI=1S/C14H19F4NO2/c1-8(2)19-7-11(9(3)20)10-4-5-12(15)13(6-10)21-14(16,17)18/h4-5,8,10-11,19H,6-7H2,1-3H3/t10?,11-/m0/s1. The number of carbonyl (C=O) groups is 1. The minimum atomic E-state index is -4.94. The van der Waals surface area contributed by atoms with E-state index in [1.165, 1.54) is 13.0 Å². The molecule has 120 valence electrons. The predicted molar refractivity (Wildman–Crippen MR) is 69.8 cm³/mol. The Morgan fingerprint density at radius 2 is 2.10 bits per heavy atom. The highest BCUT2D eigenvalue weighted by molar-refractivity contribution is 5.79. The molecule has 0 radical (unpaired) electrons. The fourth-order valence-electron chi connectivity index (χ4n) is 2.15. The van der Waals surface area contributed by atoms with Crippen molar-refractivity contribution in [3.05, 3.63) is 23.7 Å².